The molecule has 0 aliphatic carbocycles. The highest BCUT2D eigenvalue weighted by atomic mass is 79.9. The molecule has 1 amide bonds. The molecule has 0 unspecified atom stereocenters. The number of carbonyl (C=O) groups is 1. The number of benzene rings is 1. The highest BCUT2D eigenvalue weighted by Crippen LogP contribution is 2.29. The summed E-state index contributed by atoms with van der Waals surface area (Å²) in [6, 6.07) is 11.8. The predicted molar refractivity (Wildman–Crippen MR) is 116 cm³/mol. The zero-order valence-electron chi connectivity index (χ0n) is 15.7. The maximum atomic E-state index is 13.0. The van der Waals surface area contributed by atoms with Crippen LogP contribution in [0.4, 0.5) is 0 Å². The van der Waals surface area contributed by atoms with Crippen LogP contribution in [-0.2, 0) is 6.42 Å². The van der Waals surface area contributed by atoms with Crippen LogP contribution in [0.2, 0.25) is 0 Å². The second kappa shape index (κ2) is 9.07. The molecule has 1 saturated heterocycles. The predicted octanol–water partition coefficient (Wildman–Crippen LogP) is 4.32. The third-order valence-corrected chi connectivity index (χ3v) is 5.66. The molecule has 0 spiro atoms. The molecule has 148 valence electrons. The minimum absolute atomic E-state index is 0. The average molecular weight is 465 g/mol. The van der Waals surface area contributed by atoms with Gasteiger partial charge in [-0.3, -0.25) is 14.7 Å². The van der Waals surface area contributed by atoms with Gasteiger partial charge in [-0.1, -0.05) is 22.0 Å². The van der Waals surface area contributed by atoms with E-state index in [4.69, 9.17) is 4.42 Å². The number of piperazine rings is 1. The fourth-order valence-electron chi connectivity index (χ4n) is 3.53. The van der Waals surface area contributed by atoms with Crippen molar-refractivity contribution in [2.45, 2.75) is 13.3 Å². The van der Waals surface area contributed by atoms with Crippen LogP contribution in [0.15, 0.2) is 51.5 Å². The van der Waals surface area contributed by atoms with Crippen LogP contribution in [-0.4, -0.2) is 53.4 Å². The quantitative estimate of drug-likeness (QED) is 0.577. The summed E-state index contributed by atoms with van der Waals surface area (Å²) in [5.41, 5.74) is 2.78. The molecule has 3 heterocycles. The van der Waals surface area contributed by atoms with E-state index in [-0.39, 0.29) is 18.3 Å². The van der Waals surface area contributed by atoms with Crippen LogP contribution in [0.1, 0.15) is 21.8 Å². The monoisotopic (exact) mass is 463 g/mol. The molecule has 3 aromatic rings. The number of carbonyl (C=O) groups excluding carboxylic acids is 1. The molecular weight excluding hydrogens is 442 g/mol. The van der Waals surface area contributed by atoms with Gasteiger partial charge in [0.1, 0.15) is 5.58 Å². The Morgan fingerprint density at radius 3 is 2.68 bits per heavy atom. The molecule has 28 heavy (non-hydrogen) atoms. The minimum atomic E-state index is -0.0100. The summed E-state index contributed by atoms with van der Waals surface area (Å²) >= 11 is 3.48. The number of pyridine rings is 1. The Balaban J connectivity index is 0.00000225. The molecule has 0 radical (unpaired) electrons. The summed E-state index contributed by atoms with van der Waals surface area (Å²) in [5, 5.41) is 0.988. The number of fused-ring (bicyclic) bond motifs is 1. The van der Waals surface area contributed by atoms with Gasteiger partial charge in [0.15, 0.2) is 5.76 Å². The Labute approximate surface area is 179 Å². The van der Waals surface area contributed by atoms with E-state index in [9.17, 15) is 4.79 Å². The Bertz CT molecular complexity index is 953. The first kappa shape index (κ1) is 20.8. The number of aryl methyl sites for hydroxylation is 1. The van der Waals surface area contributed by atoms with Gasteiger partial charge in [-0.25, -0.2) is 0 Å². The number of hydrogen-bond acceptors (Lipinski definition) is 4. The van der Waals surface area contributed by atoms with Crippen LogP contribution < -0.4 is 0 Å². The first-order valence-electron chi connectivity index (χ1n) is 9.22. The topological polar surface area (TPSA) is 49.6 Å². The molecule has 0 saturated carbocycles. The molecule has 0 N–H and O–H groups in total. The lowest BCUT2D eigenvalue weighted by atomic mass is 10.1. The van der Waals surface area contributed by atoms with E-state index in [1.807, 2.05) is 48.4 Å². The Kier molecular flexibility index (Phi) is 6.75. The van der Waals surface area contributed by atoms with Crippen molar-refractivity contribution < 1.29 is 9.21 Å². The van der Waals surface area contributed by atoms with Crippen LogP contribution in [0.5, 0.6) is 0 Å². The van der Waals surface area contributed by atoms with Crippen LogP contribution in [0, 0.1) is 6.92 Å². The minimum Gasteiger partial charge on any atom is -0.451 e. The van der Waals surface area contributed by atoms with E-state index in [1.165, 1.54) is 0 Å². The first-order chi connectivity index (χ1) is 13.1. The van der Waals surface area contributed by atoms with E-state index < -0.39 is 0 Å². The highest BCUT2D eigenvalue weighted by molar-refractivity contribution is 9.10. The standard InChI is InChI=1S/C21H22BrN3O2.ClH/c1-15-18-14-16(22)5-6-19(18)27-20(15)21(26)25-12-10-24(11-13-25)9-7-17-4-2-3-8-23-17;/h2-6,8,14H,7,9-13H2,1H3;1H. The van der Waals surface area contributed by atoms with Crippen molar-refractivity contribution in [1.82, 2.24) is 14.8 Å². The number of furan rings is 1. The van der Waals surface area contributed by atoms with Crippen molar-refractivity contribution in [3.8, 4) is 0 Å². The molecule has 0 atom stereocenters. The molecule has 7 heteroatoms. The average Bonchev–Trinajstić information content (AvgIpc) is 3.03. The summed E-state index contributed by atoms with van der Waals surface area (Å²) in [7, 11) is 0. The molecule has 1 aliphatic heterocycles. The maximum Gasteiger partial charge on any atom is 0.289 e. The maximum absolute atomic E-state index is 13.0. The zero-order valence-corrected chi connectivity index (χ0v) is 18.1. The third kappa shape index (κ3) is 4.40. The Hall–Kier alpha value is -1.89. The van der Waals surface area contributed by atoms with Gasteiger partial charge >= 0.3 is 0 Å². The van der Waals surface area contributed by atoms with Crippen molar-refractivity contribution in [2.24, 2.45) is 0 Å². The zero-order chi connectivity index (χ0) is 18.8. The van der Waals surface area contributed by atoms with E-state index >= 15 is 0 Å². The smallest absolute Gasteiger partial charge is 0.289 e. The lowest BCUT2D eigenvalue weighted by Gasteiger charge is -2.34. The van der Waals surface area contributed by atoms with Crippen molar-refractivity contribution in [3.05, 3.63) is 64.1 Å². The molecule has 1 fully saturated rings. The summed E-state index contributed by atoms with van der Waals surface area (Å²) in [5.74, 6) is 0.453. The summed E-state index contributed by atoms with van der Waals surface area (Å²) < 4.78 is 6.85. The van der Waals surface area contributed by atoms with Gasteiger partial charge in [0.25, 0.3) is 5.91 Å². The second-order valence-electron chi connectivity index (χ2n) is 6.90. The molecule has 0 bridgehead atoms. The fourth-order valence-corrected chi connectivity index (χ4v) is 3.90. The van der Waals surface area contributed by atoms with Crippen LogP contribution in [0.25, 0.3) is 11.0 Å². The summed E-state index contributed by atoms with van der Waals surface area (Å²) in [6.45, 7) is 6.13. The number of nitrogens with zero attached hydrogens (tertiary/aromatic N) is 3. The molecule has 5 nitrogen and oxygen atoms in total. The number of aromatic nitrogens is 1. The van der Waals surface area contributed by atoms with Crippen molar-refractivity contribution in [2.75, 3.05) is 32.7 Å². The highest BCUT2D eigenvalue weighted by Gasteiger charge is 2.26. The largest absolute Gasteiger partial charge is 0.451 e. The number of rotatable bonds is 4. The van der Waals surface area contributed by atoms with Crippen molar-refractivity contribution >= 4 is 45.2 Å². The molecule has 2 aromatic heterocycles. The second-order valence-corrected chi connectivity index (χ2v) is 7.82. The van der Waals surface area contributed by atoms with Gasteiger partial charge in [0, 0.05) is 66.5 Å². The molecule has 1 aliphatic rings. The van der Waals surface area contributed by atoms with Gasteiger partial charge in [-0.2, -0.15) is 0 Å². The first-order valence-corrected chi connectivity index (χ1v) is 10.0. The van der Waals surface area contributed by atoms with E-state index in [0.29, 0.717) is 5.76 Å². The fraction of sp³-hybridized carbons (Fsp3) is 0.333. The number of amides is 1. The van der Waals surface area contributed by atoms with Gasteiger partial charge in [-0.15, -0.1) is 12.4 Å². The van der Waals surface area contributed by atoms with Gasteiger partial charge in [0.2, 0.25) is 0 Å². The van der Waals surface area contributed by atoms with E-state index in [0.717, 1.165) is 65.8 Å². The Morgan fingerprint density at radius 1 is 1.18 bits per heavy atom. The molecule has 4 rings (SSSR count). The normalized spacial score (nSPS) is 14.9. The molecule has 1 aromatic carbocycles. The SMILES string of the molecule is Cc1c(C(=O)N2CCN(CCc3ccccn3)CC2)oc2ccc(Br)cc12.Cl. The third-order valence-electron chi connectivity index (χ3n) is 5.16. The van der Waals surface area contributed by atoms with Gasteiger partial charge in [0.05, 0.1) is 0 Å². The summed E-state index contributed by atoms with van der Waals surface area (Å²) in [4.78, 5) is 21.6. The summed E-state index contributed by atoms with van der Waals surface area (Å²) in [6.07, 6.45) is 2.77. The van der Waals surface area contributed by atoms with Gasteiger partial charge < -0.3 is 9.32 Å². The van der Waals surface area contributed by atoms with Crippen LogP contribution >= 0.6 is 28.3 Å². The van der Waals surface area contributed by atoms with Crippen molar-refractivity contribution in [1.29, 1.82) is 0 Å². The number of hydrogen-bond donors (Lipinski definition) is 0. The lowest BCUT2D eigenvalue weighted by Crippen LogP contribution is -2.49. The van der Waals surface area contributed by atoms with Crippen molar-refractivity contribution in [3.63, 3.8) is 0 Å². The van der Waals surface area contributed by atoms with E-state index in [2.05, 4.69) is 31.9 Å². The van der Waals surface area contributed by atoms with Gasteiger partial charge in [-0.05, 0) is 37.3 Å². The van der Waals surface area contributed by atoms with Crippen LogP contribution in [0.3, 0.4) is 0 Å². The molecular formula is C21H23BrClN3O2. The lowest BCUT2D eigenvalue weighted by molar-refractivity contribution is 0.0608. The number of halogens is 2. The van der Waals surface area contributed by atoms with E-state index in [1.54, 1.807) is 0 Å². The Morgan fingerprint density at radius 2 is 1.96 bits per heavy atom.